The topological polar surface area (TPSA) is 157 Å². The number of nitrogens with zero attached hydrogens (tertiary/aromatic N) is 4. The number of aromatic amines is 1. The zero-order valence-electron chi connectivity index (χ0n) is 27.1. The molecule has 0 fully saturated rings. The maximum absolute atomic E-state index is 16.0. The van der Waals surface area contributed by atoms with Gasteiger partial charge in [-0.3, -0.25) is 9.89 Å². The van der Waals surface area contributed by atoms with Gasteiger partial charge < -0.3 is 15.2 Å². The summed E-state index contributed by atoms with van der Waals surface area (Å²) in [6, 6.07) is 14.2. The zero-order valence-corrected chi connectivity index (χ0v) is 27.9. The largest absolute Gasteiger partial charge is 0.490 e. The first-order valence-electron chi connectivity index (χ1n) is 15.3. The minimum atomic E-state index is -5.52. The van der Waals surface area contributed by atoms with E-state index in [1.807, 2.05) is 0 Å². The SMILES string of the molecule is Cc1cc(CCC[C@](OC(=O)C(F)(F)F)(c2ccc(F)cc2F)C(c2ncn[nH]2)c2nc(-c3ccccc3C#N)cs2)cc(C)c1OC(=O)CN. The number of benzene rings is 3. The van der Waals surface area contributed by atoms with E-state index >= 15 is 4.39 Å². The van der Waals surface area contributed by atoms with Crippen LogP contribution in [0.3, 0.4) is 0 Å². The van der Waals surface area contributed by atoms with Crippen molar-refractivity contribution in [3.8, 4) is 23.1 Å². The number of hydrogen-bond acceptors (Lipinski definition) is 10. The second-order valence-electron chi connectivity index (χ2n) is 11.5. The molecule has 0 saturated heterocycles. The van der Waals surface area contributed by atoms with Crippen molar-refractivity contribution in [3.05, 3.63) is 117 Å². The number of thiazole rings is 1. The molecule has 3 aromatic carbocycles. The van der Waals surface area contributed by atoms with Crippen LogP contribution in [-0.2, 0) is 26.3 Å². The molecule has 5 rings (SSSR count). The highest BCUT2D eigenvalue weighted by atomic mass is 32.1. The number of aromatic nitrogens is 4. The maximum Gasteiger partial charge on any atom is 0.490 e. The Morgan fingerprint density at radius 2 is 1.80 bits per heavy atom. The highest BCUT2D eigenvalue weighted by Crippen LogP contribution is 2.50. The molecule has 0 amide bonds. The van der Waals surface area contributed by atoms with Crippen LogP contribution in [0.2, 0.25) is 0 Å². The second kappa shape index (κ2) is 15.2. The van der Waals surface area contributed by atoms with Crippen LogP contribution in [-0.4, -0.2) is 44.8 Å². The zero-order chi connectivity index (χ0) is 36.9. The summed E-state index contributed by atoms with van der Waals surface area (Å²) in [4.78, 5) is 33.5. The number of ether oxygens (including phenoxy) is 2. The molecule has 0 radical (unpaired) electrons. The number of esters is 2. The number of H-pyrrole nitrogens is 1. The lowest BCUT2D eigenvalue weighted by Gasteiger charge is -2.39. The lowest BCUT2D eigenvalue weighted by atomic mass is 9.76. The summed E-state index contributed by atoms with van der Waals surface area (Å²) in [5.41, 5.74) is 5.07. The van der Waals surface area contributed by atoms with Crippen LogP contribution in [0.25, 0.3) is 11.3 Å². The van der Waals surface area contributed by atoms with Crippen molar-refractivity contribution in [3.63, 3.8) is 0 Å². The van der Waals surface area contributed by atoms with E-state index in [0.717, 1.165) is 29.8 Å². The summed E-state index contributed by atoms with van der Waals surface area (Å²) in [7, 11) is 0. The standard InChI is InChI=1S/C35H29F5N6O4S/c1-19-12-21(13-20(2)30(19)49-28(47)16-42)6-5-11-34(50-33(48)35(38,39)40,25-10-9-23(36)14-26(25)37)29(31-43-18-44-46-31)32-45-27(17-51-32)24-8-4-3-7-22(24)15-41/h3-4,7-10,12-14,17-18,29H,5-6,11,16,42H2,1-2H3,(H,43,44,46)/t29?,34-/m0/s1. The number of halogens is 5. The fourth-order valence-electron chi connectivity index (χ4n) is 5.95. The van der Waals surface area contributed by atoms with E-state index < -0.39 is 53.3 Å². The van der Waals surface area contributed by atoms with Crippen LogP contribution >= 0.6 is 11.3 Å². The number of rotatable bonds is 12. The van der Waals surface area contributed by atoms with Crippen molar-refractivity contribution >= 4 is 23.3 Å². The van der Waals surface area contributed by atoms with Crippen molar-refractivity contribution in [2.75, 3.05) is 6.54 Å². The Morgan fingerprint density at radius 3 is 2.43 bits per heavy atom. The highest BCUT2D eigenvalue weighted by Gasteiger charge is 2.54. The van der Waals surface area contributed by atoms with E-state index in [1.165, 1.54) is 0 Å². The Morgan fingerprint density at radius 1 is 1.08 bits per heavy atom. The monoisotopic (exact) mass is 724 g/mol. The van der Waals surface area contributed by atoms with Crippen LogP contribution < -0.4 is 10.5 Å². The summed E-state index contributed by atoms with van der Waals surface area (Å²) >= 11 is 0.949. The van der Waals surface area contributed by atoms with E-state index in [1.54, 1.807) is 55.6 Å². The van der Waals surface area contributed by atoms with Crippen molar-refractivity contribution in [2.24, 2.45) is 5.73 Å². The first kappa shape index (κ1) is 36.7. The molecule has 2 heterocycles. The molecule has 51 heavy (non-hydrogen) atoms. The van der Waals surface area contributed by atoms with E-state index in [0.29, 0.717) is 34.1 Å². The highest BCUT2D eigenvalue weighted by molar-refractivity contribution is 7.10. The Labute approximate surface area is 292 Å². The van der Waals surface area contributed by atoms with Gasteiger partial charge in [0.2, 0.25) is 0 Å². The molecular weight excluding hydrogens is 695 g/mol. The summed E-state index contributed by atoms with van der Waals surface area (Å²) in [6.45, 7) is 3.06. The number of alkyl halides is 3. The third-order valence-electron chi connectivity index (χ3n) is 8.08. The molecule has 1 unspecified atom stereocenters. The second-order valence-corrected chi connectivity index (χ2v) is 12.4. The van der Waals surface area contributed by atoms with E-state index in [2.05, 4.69) is 26.2 Å². The molecule has 3 N–H and O–H groups in total. The number of carbonyl (C=O) groups is 2. The van der Waals surface area contributed by atoms with Crippen molar-refractivity contribution in [1.29, 1.82) is 5.26 Å². The van der Waals surface area contributed by atoms with E-state index in [-0.39, 0.29) is 41.5 Å². The fourth-order valence-corrected chi connectivity index (χ4v) is 6.95. The van der Waals surface area contributed by atoms with Gasteiger partial charge in [0.05, 0.1) is 23.9 Å². The number of aryl methyl sites for hydroxylation is 3. The predicted molar refractivity (Wildman–Crippen MR) is 174 cm³/mol. The number of nitriles is 1. The predicted octanol–water partition coefficient (Wildman–Crippen LogP) is 6.71. The summed E-state index contributed by atoms with van der Waals surface area (Å²) < 4.78 is 83.1. The van der Waals surface area contributed by atoms with Gasteiger partial charge in [0.25, 0.3) is 0 Å². The van der Waals surface area contributed by atoms with Crippen LogP contribution in [0.1, 0.15) is 57.4 Å². The minimum absolute atomic E-state index is 0.0110. The maximum atomic E-state index is 16.0. The summed E-state index contributed by atoms with van der Waals surface area (Å²) in [6.07, 6.45) is -4.73. The van der Waals surface area contributed by atoms with Crippen LogP contribution in [0, 0.1) is 36.8 Å². The molecule has 0 aliphatic carbocycles. The molecular formula is C35H29F5N6O4S. The molecule has 5 aromatic rings. The molecule has 0 bridgehead atoms. The average Bonchev–Trinajstić information content (AvgIpc) is 3.79. The molecule has 0 saturated carbocycles. The molecule has 0 aliphatic rings. The number of nitrogens with one attached hydrogen (secondary N) is 1. The molecule has 2 atom stereocenters. The summed E-state index contributed by atoms with van der Waals surface area (Å²) in [5, 5.41) is 17.7. The van der Waals surface area contributed by atoms with Gasteiger partial charge in [-0.2, -0.15) is 23.5 Å². The van der Waals surface area contributed by atoms with Gasteiger partial charge in [0.15, 0.2) is 5.60 Å². The molecule has 10 nitrogen and oxygen atoms in total. The Hall–Kier alpha value is -5.53. The number of nitrogens with two attached hydrogens (primary N) is 1. The Kier molecular flexibility index (Phi) is 10.9. The van der Waals surface area contributed by atoms with Crippen molar-refractivity contribution in [1.82, 2.24) is 20.2 Å². The molecule has 264 valence electrons. The van der Waals surface area contributed by atoms with Gasteiger partial charge in [-0.1, -0.05) is 30.3 Å². The molecule has 0 aliphatic heterocycles. The van der Waals surface area contributed by atoms with Crippen molar-refractivity contribution < 1.29 is 41.0 Å². The van der Waals surface area contributed by atoms with Gasteiger partial charge in [-0.15, -0.1) is 11.3 Å². The van der Waals surface area contributed by atoms with Crippen LogP contribution in [0.4, 0.5) is 22.0 Å². The smallest absolute Gasteiger partial charge is 0.446 e. The molecule has 0 spiro atoms. The van der Waals surface area contributed by atoms with Gasteiger partial charge in [0.1, 0.15) is 40.5 Å². The minimum Gasteiger partial charge on any atom is -0.446 e. The lowest BCUT2D eigenvalue weighted by molar-refractivity contribution is -0.218. The van der Waals surface area contributed by atoms with Gasteiger partial charge >= 0.3 is 18.1 Å². The average molecular weight is 725 g/mol. The first-order valence-corrected chi connectivity index (χ1v) is 16.2. The van der Waals surface area contributed by atoms with Crippen LogP contribution in [0.5, 0.6) is 5.75 Å². The van der Waals surface area contributed by atoms with Gasteiger partial charge in [-0.25, -0.2) is 23.5 Å². The number of carbonyl (C=O) groups excluding carboxylic acids is 2. The Balaban J connectivity index is 1.67. The number of hydrogen-bond donors (Lipinski definition) is 2. The normalized spacial score (nSPS) is 13.2. The molecule has 16 heteroatoms. The fraction of sp³-hybridized carbons (Fsp3) is 0.257. The third-order valence-corrected chi connectivity index (χ3v) is 8.98. The lowest BCUT2D eigenvalue weighted by Crippen LogP contribution is -2.44. The molecule has 2 aromatic heterocycles. The first-order chi connectivity index (χ1) is 24.3. The van der Waals surface area contributed by atoms with Gasteiger partial charge in [0, 0.05) is 22.6 Å². The Bertz CT molecular complexity index is 2070. The van der Waals surface area contributed by atoms with Crippen molar-refractivity contribution in [2.45, 2.75) is 50.8 Å². The van der Waals surface area contributed by atoms with Gasteiger partial charge in [-0.05, 0) is 68.0 Å². The third kappa shape index (κ3) is 7.95. The quantitative estimate of drug-likeness (QED) is 0.0811. The van der Waals surface area contributed by atoms with E-state index in [4.69, 9.17) is 15.2 Å². The van der Waals surface area contributed by atoms with E-state index in [9.17, 15) is 32.4 Å². The summed E-state index contributed by atoms with van der Waals surface area (Å²) in [5.74, 6) is -6.93. The van der Waals surface area contributed by atoms with Crippen LogP contribution in [0.15, 0.2) is 66.3 Å².